The summed E-state index contributed by atoms with van der Waals surface area (Å²) in [6.45, 7) is 5.33. The lowest BCUT2D eigenvalue weighted by Crippen LogP contribution is -2.40. The van der Waals surface area contributed by atoms with E-state index < -0.39 is 0 Å². The molecule has 0 bridgehead atoms. The Hall–Kier alpha value is -2.89. The minimum atomic E-state index is -0.101. The van der Waals surface area contributed by atoms with Crippen molar-refractivity contribution >= 4 is 16.8 Å². The molecule has 0 spiro atoms. The molecule has 3 aromatic rings. The summed E-state index contributed by atoms with van der Waals surface area (Å²) in [5, 5.41) is 4.86. The number of aromatic nitrogens is 2. The summed E-state index contributed by atoms with van der Waals surface area (Å²) in [4.78, 5) is 27.0. The van der Waals surface area contributed by atoms with Crippen LogP contribution in [0.5, 0.6) is 0 Å². The van der Waals surface area contributed by atoms with Crippen LogP contribution < -0.4 is 5.43 Å². The molecule has 1 aliphatic rings. The fraction of sp³-hybridized carbons (Fsp3) is 0.409. The molecule has 0 unspecified atom stereocenters. The summed E-state index contributed by atoms with van der Waals surface area (Å²) < 4.78 is 7.58. The van der Waals surface area contributed by atoms with Gasteiger partial charge in [-0.15, -0.1) is 0 Å². The number of carbonyl (C=O) groups excluding carboxylic acids is 1. The van der Waals surface area contributed by atoms with E-state index in [1.54, 1.807) is 10.7 Å². The maximum atomic E-state index is 13.1. The molecule has 0 radical (unpaired) electrons. The Balaban J connectivity index is 1.53. The van der Waals surface area contributed by atoms with E-state index in [1.165, 1.54) is 6.20 Å². The number of fused-ring (bicyclic) bond motifs is 1. The molecule has 1 fully saturated rings. The molecule has 6 nitrogen and oxygen atoms in total. The van der Waals surface area contributed by atoms with Crippen molar-refractivity contribution in [1.29, 1.82) is 0 Å². The van der Waals surface area contributed by atoms with Crippen molar-refractivity contribution in [1.82, 2.24) is 14.7 Å². The fourth-order valence-electron chi connectivity index (χ4n) is 4.03. The lowest BCUT2D eigenvalue weighted by molar-refractivity contribution is -0.136. The van der Waals surface area contributed by atoms with Gasteiger partial charge in [0.2, 0.25) is 11.3 Å². The maximum Gasteiger partial charge on any atom is 0.225 e. The predicted octanol–water partition coefficient (Wildman–Crippen LogP) is 3.69. The van der Waals surface area contributed by atoms with Gasteiger partial charge in [-0.25, -0.2) is 0 Å². The first kappa shape index (κ1) is 18.5. The Morgan fingerprint density at radius 3 is 2.86 bits per heavy atom. The molecule has 146 valence electrons. The zero-order valence-corrected chi connectivity index (χ0v) is 16.3. The van der Waals surface area contributed by atoms with E-state index in [0.29, 0.717) is 24.3 Å². The molecule has 1 amide bonds. The Morgan fingerprint density at radius 1 is 1.25 bits per heavy atom. The number of nitrogens with zero attached hydrogens (tertiary/aromatic N) is 3. The number of hydrogen-bond acceptors (Lipinski definition) is 4. The number of furan rings is 1. The van der Waals surface area contributed by atoms with Gasteiger partial charge in [-0.05, 0) is 49.9 Å². The number of piperidine rings is 1. The molecule has 1 saturated heterocycles. The van der Waals surface area contributed by atoms with Gasteiger partial charge in [-0.2, -0.15) is 5.10 Å². The molecule has 2 aromatic heterocycles. The second-order valence-electron chi connectivity index (χ2n) is 7.68. The van der Waals surface area contributed by atoms with Crippen LogP contribution in [0.3, 0.4) is 0 Å². The van der Waals surface area contributed by atoms with Crippen LogP contribution in [0, 0.1) is 12.8 Å². The van der Waals surface area contributed by atoms with E-state index in [2.05, 4.69) is 12.0 Å². The highest BCUT2D eigenvalue weighted by Crippen LogP contribution is 2.35. The third-order valence-corrected chi connectivity index (χ3v) is 5.57. The lowest BCUT2D eigenvalue weighted by Gasteiger charge is -2.37. The minimum Gasteiger partial charge on any atom is -0.464 e. The number of amides is 1. The number of likely N-dealkylation sites (tertiary alicyclic amines) is 1. The zero-order chi connectivity index (χ0) is 19.7. The van der Waals surface area contributed by atoms with Gasteiger partial charge in [0, 0.05) is 18.4 Å². The van der Waals surface area contributed by atoms with Gasteiger partial charge in [0.05, 0.1) is 24.3 Å². The largest absolute Gasteiger partial charge is 0.464 e. The van der Waals surface area contributed by atoms with E-state index in [0.717, 1.165) is 36.4 Å². The molecule has 2 atom stereocenters. The third kappa shape index (κ3) is 3.59. The predicted molar refractivity (Wildman–Crippen MR) is 107 cm³/mol. The molecule has 3 heterocycles. The normalized spacial score (nSPS) is 19.9. The van der Waals surface area contributed by atoms with E-state index in [4.69, 9.17) is 4.42 Å². The van der Waals surface area contributed by atoms with E-state index in [9.17, 15) is 9.59 Å². The van der Waals surface area contributed by atoms with Gasteiger partial charge in [0.1, 0.15) is 11.5 Å². The fourth-order valence-corrected chi connectivity index (χ4v) is 4.03. The highest BCUT2D eigenvalue weighted by Gasteiger charge is 2.32. The van der Waals surface area contributed by atoms with Crippen molar-refractivity contribution in [3.8, 4) is 0 Å². The number of benzene rings is 1. The van der Waals surface area contributed by atoms with Crippen molar-refractivity contribution in [2.75, 3.05) is 6.54 Å². The number of aryl methyl sites for hydroxylation is 2. The summed E-state index contributed by atoms with van der Waals surface area (Å²) in [7, 11) is 0. The average Bonchev–Trinajstić information content (AvgIpc) is 3.14. The van der Waals surface area contributed by atoms with Gasteiger partial charge < -0.3 is 9.32 Å². The minimum absolute atomic E-state index is 0.0105. The third-order valence-electron chi connectivity index (χ3n) is 5.57. The van der Waals surface area contributed by atoms with Crippen LogP contribution in [0.25, 0.3) is 10.9 Å². The molecule has 4 rings (SSSR count). The van der Waals surface area contributed by atoms with Crippen LogP contribution in [-0.2, 0) is 11.3 Å². The van der Waals surface area contributed by atoms with Crippen molar-refractivity contribution in [2.45, 2.75) is 45.7 Å². The molecule has 1 aromatic carbocycles. The number of carbonyl (C=O) groups is 1. The average molecular weight is 379 g/mol. The topological polar surface area (TPSA) is 68.3 Å². The molecular weight excluding hydrogens is 354 g/mol. The second-order valence-corrected chi connectivity index (χ2v) is 7.68. The smallest absolute Gasteiger partial charge is 0.225 e. The van der Waals surface area contributed by atoms with Gasteiger partial charge >= 0.3 is 0 Å². The quantitative estimate of drug-likeness (QED) is 0.693. The van der Waals surface area contributed by atoms with Crippen LogP contribution in [0.2, 0.25) is 0 Å². The first-order valence-corrected chi connectivity index (χ1v) is 9.83. The molecule has 0 N–H and O–H groups in total. The van der Waals surface area contributed by atoms with Gasteiger partial charge in [-0.1, -0.05) is 19.1 Å². The molecule has 0 aliphatic carbocycles. The highest BCUT2D eigenvalue weighted by molar-refractivity contribution is 5.79. The van der Waals surface area contributed by atoms with Crippen LogP contribution in [0.1, 0.15) is 43.7 Å². The monoisotopic (exact) mass is 379 g/mol. The van der Waals surface area contributed by atoms with Crippen LogP contribution in [0.15, 0.2) is 51.8 Å². The zero-order valence-electron chi connectivity index (χ0n) is 16.3. The molecule has 6 heteroatoms. The highest BCUT2D eigenvalue weighted by atomic mass is 16.3. The molecule has 1 aliphatic heterocycles. The summed E-state index contributed by atoms with van der Waals surface area (Å²) in [6, 6.07) is 11.3. The first-order valence-electron chi connectivity index (χ1n) is 9.83. The van der Waals surface area contributed by atoms with Crippen LogP contribution >= 0.6 is 0 Å². The molecule has 0 saturated carbocycles. The summed E-state index contributed by atoms with van der Waals surface area (Å²) in [5.74, 6) is 2.38. The SMILES string of the molecule is Cc1ccc([C@H]2C[C@@H](C)CCN2C(=O)CCn2ncc(=O)c3ccccc32)o1. The van der Waals surface area contributed by atoms with Crippen molar-refractivity contribution in [2.24, 2.45) is 5.92 Å². The van der Waals surface area contributed by atoms with Crippen molar-refractivity contribution in [3.63, 3.8) is 0 Å². The summed E-state index contributed by atoms with van der Waals surface area (Å²) >= 11 is 0. The summed E-state index contributed by atoms with van der Waals surface area (Å²) in [5.41, 5.74) is 0.657. The number of hydrogen-bond donors (Lipinski definition) is 0. The maximum absolute atomic E-state index is 13.1. The van der Waals surface area contributed by atoms with Gasteiger partial charge in [-0.3, -0.25) is 14.3 Å². The Morgan fingerprint density at radius 2 is 2.07 bits per heavy atom. The number of para-hydroxylation sites is 1. The molecular formula is C22H25N3O3. The second kappa shape index (κ2) is 7.62. The van der Waals surface area contributed by atoms with E-state index >= 15 is 0 Å². The van der Waals surface area contributed by atoms with Gasteiger partial charge in [0.25, 0.3) is 0 Å². The van der Waals surface area contributed by atoms with E-state index in [1.807, 2.05) is 42.2 Å². The standard InChI is InChI=1S/C22H25N3O3/c1-15-9-11-24(19(13-15)21-8-7-16(2)28-21)22(27)10-12-25-18-6-4-3-5-17(18)20(26)14-23-25/h3-8,14-15,19H,9-13H2,1-2H3/t15-,19+/m0/s1. The van der Waals surface area contributed by atoms with Gasteiger partial charge in [0.15, 0.2) is 0 Å². The first-order chi connectivity index (χ1) is 13.5. The lowest BCUT2D eigenvalue weighted by atomic mass is 9.91. The Labute approximate surface area is 163 Å². The molecule has 28 heavy (non-hydrogen) atoms. The Bertz CT molecular complexity index is 1050. The van der Waals surface area contributed by atoms with Crippen molar-refractivity contribution in [3.05, 3.63) is 64.3 Å². The Kier molecular flexibility index (Phi) is 5.03. The summed E-state index contributed by atoms with van der Waals surface area (Å²) in [6.07, 6.45) is 3.58. The van der Waals surface area contributed by atoms with Crippen molar-refractivity contribution < 1.29 is 9.21 Å². The van der Waals surface area contributed by atoms with Crippen LogP contribution in [-0.4, -0.2) is 27.1 Å². The number of rotatable bonds is 4. The van der Waals surface area contributed by atoms with E-state index in [-0.39, 0.29) is 17.4 Å². The van der Waals surface area contributed by atoms with Crippen LogP contribution in [0.4, 0.5) is 0 Å².